The molecule has 6 heteroatoms. The van der Waals surface area contributed by atoms with E-state index in [0.717, 1.165) is 37.1 Å². The molecule has 1 atom stereocenters. The van der Waals surface area contributed by atoms with Crippen LogP contribution in [0.1, 0.15) is 38.9 Å². The van der Waals surface area contributed by atoms with Crippen molar-refractivity contribution >= 4 is 5.96 Å². The third-order valence-corrected chi connectivity index (χ3v) is 4.81. The number of hydrogen-bond donors (Lipinski definition) is 2. The Bertz CT molecular complexity index is 482. The molecular formula is C19H34N4O2. The van der Waals surface area contributed by atoms with Crippen molar-refractivity contribution < 1.29 is 9.15 Å². The summed E-state index contributed by atoms with van der Waals surface area (Å²) in [5.74, 6) is 2.61. The molecule has 1 saturated heterocycles. The van der Waals surface area contributed by atoms with Gasteiger partial charge in [0.2, 0.25) is 0 Å². The Morgan fingerprint density at radius 2 is 2.20 bits per heavy atom. The number of aliphatic imine (C=N–C) groups is 1. The summed E-state index contributed by atoms with van der Waals surface area (Å²) in [5.41, 5.74) is 0. The predicted octanol–water partition coefficient (Wildman–Crippen LogP) is 2.47. The van der Waals surface area contributed by atoms with E-state index in [1.165, 1.54) is 25.9 Å². The lowest BCUT2D eigenvalue weighted by Crippen LogP contribution is -2.48. The Balaban J connectivity index is 1.52. The van der Waals surface area contributed by atoms with Gasteiger partial charge in [-0.05, 0) is 57.3 Å². The molecule has 2 rings (SSSR count). The van der Waals surface area contributed by atoms with Crippen molar-refractivity contribution in [3.8, 4) is 0 Å². The molecular weight excluding hydrogens is 316 g/mol. The first-order valence-electron chi connectivity index (χ1n) is 9.47. The second-order valence-corrected chi connectivity index (χ2v) is 6.93. The molecule has 0 aliphatic carbocycles. The highest BCUT2D eigenvalue weighted by Gasteiger charge is 2.20. The molecule has 142 valence electrons. The SMILES string of the molecule is CN=C(NCCCOCc1ccco1)NCC(C)N1CCC(C)CC1. The second-order valence-electron chi connectivity index (χ2n) is 6.93. The molecule has 0 saturated carbocycles. The van der Waals surface area contributed by atoms with Crippen LogP contribution in [-0.2, 0) is 11.3 Å². The maximum absolute atomic E-state index is 5.58. The number of furan rings is 1. The van der Waals surface area contributed by atoms with Gasteiger partial charge in [0.05, 0.1) is 6.26 Å². The molecule has 0 amide bonds. The van der Waals surface area contributed by atoms with Gasteiger partial charge in [-0.15, -0.1) is 0 Å². The maximum atomic E-state index is 5.58. The Morgan fingerprint density at radius 1 is 1.40 bits per heavy atom. The topological polar surface area (TPSA) is 62.0 Å². The molecule has 1 aliphatic heterocycles. The van der Waals surface area contributed by atoms with Crippen molar-refractivity contribution in [1.29, 1.82) is 0 Å². The molecule has 1 unspecified atom stereocenters. The highest BCUT2D eigenvalue weighted by molar-refractivity contribution is 5.79. The van der Waals surface area contributed by atoms with E-state index in [9.17, 15) is 0 Å². The quantitative estimate of drug-likeness (QED) is 0.407. The summed E-state index contributed by atoms with van der Waals surface area (Å²) < 4.78 is 10.8. The number of nitrogens with one attached hydrogen (secondary N) is 2. The molecule has 0 bridgehead atoms. The van der Waals surface area contributed by atoms with Crippen molar-refractivity contribution in [3.63, 3.8) is 0 Å². The molecule has 1 aromatic rings. The van der Waals surface area contributed by atoms with E-state index in [2.05, 4.69) is 34.4 Å². The highest BCUT2D eigenvalue weighted by Crippen LogP contribution is 2.17. The summed E-state index contributed by atoms with van der Waals surface area (Å²) in [6.07, 6.45) is 5.23. The number of rotatable bonds is 9. The lowest BCUT2D eigenvalue weighted by atomic mass is 9.98. The minimum absolute atomic E-state index is 0.530. The number of ether oxygens (including phenoxy) is 1. The van der Waals surface area contributed by atoms with Crippen molar-refractivity contribution in [1.82, 2.24) is 15.5 Å². The Morgan fingerprint density at radius 3 is 2.88 bits per heavy atom. The van der Waals surface area contributed by atoms with E-state index in [0.29, 0.717) is 19.3 Å². The molecule has 1 fully saturated rings. The number of piperidine rings is 1. The predicted molar refractivity (Wildman–Crippen MR) is 102 cm³/mol. The van der Waals surface area contributed by atoms with E-state index in [-0.39, 0.29) is 0 Å². The van der Waals surface area contributed by atoms with Crippen LogP contribution < -0.4 is 10.6 Å². The minimum atomic E-state index is 0.530. The van der Waals surface area contributed by atoms with Gasteiger partial charge in [-0.25, -0.2) is 0 Å². The van der Waals surface area contributed by atoms with Crippen molar-refractivity contribution in [2.24, 2.45) is 10.9 Å². The van der Waals surface area contributed by atoms with Crippen LogP contribution in [0.4, 0.5) is 0 Å². The van der Waals surface area contributed by atoms with Gasteiger partial charge in [-0.3, -0.25) is 9.89 Å². The van der Waals surface area contributed by atoms with Gasteiger partial charge in [0.1, 0.15) is 12.4 Å². The lowest BCUT2D eigenvalue weighted by Gasteiger charge is -2.35. The monoisotopic (exact) mass is 350 g/mol. The lowest BCUT2D eigenvalue weighted by molar-refractivity contribution is 0.105. The molecule has 0 aromatic carbocycles. The van der Waals surface area contributed by atoms with E-state index >= 15 is 0 Å². The minimum Gasteiger partial charge on any atom is -0.467 e. The first kappa shape index (κ1) is 19.8. The molecule has 1 aromatic heterocycles. The van der Waals surface area contributed by atoms with E-state index in [1.807, 2.05) is 19.2 Å². The Kier molecular flexibility index (Phi) is 8.83. The van der Waals surface area contributed by atoms with Crippen molar-refractivity contribution in [3.05, 3.63) is 24.2 Å². The third kappa shape index (κ3) is 7.48. The van der Waals surface area contributed by atoms with Gasteiger partial charge < -0.3 is 19.8 Å². The number of nitrogens with zero attached hydrogens (tertiary/aromatic N) is 2. The summed E-state index contributed by atoms with van der Waals surface area (Å²) >= 11 is 0. The van der Waals surface area contributed by atoms with Crippen LogP contribution in [0.25, 0.3) is 0 Å². The molecule has 0 spiro atoms. The number of guanidine groups is 1. The summed E-state index contributed by atoms with van der Waals surface area (Å²) in [6, 6.07) is 4.33. The van der Waals surface area contributed by atoms with Gasteiger partial charge in [-0.2, -0.15) is 0 Å². The van der Waals surface area contributed by atoms with Gasteiger partial charge in [-0.1, -0.05) is 6.92 Å². The second kappa shape index (κ2) is 11.2. The molecule has 2 N–H and O–H groups in total. The summed E-state index contributed by atoms with van der Waals surface area (Å²) in [5, 5.41) is 6.78. The van der Waals surface area contributed by atoms with Crippen LogP contribution >= 0.6 is 0 Å². The van der Waals surface area contributed by atoms with Crippen molar-refractivity contribution in [2.75, 3.05) is 39.8 Å². The highest BCUT2D eigenvalue weighted by atomic mass is 16.5. The molecule has 0 radical (unpaired) electrons. The fourth-order valence-electron chi connectivity index (χ4n) is 3.01. The third-order valence-electron chi connectivity index (χ3n) is 4.81. The van der Waals surface area contributed by atoms with Gasteiger partial charge in [0, 0.05) is 32.8 Å². The standard InChI is InChI=1S/C19H34N4O2/c1-16-7-10-23(11-8-16)17(2)14-22-19(20-3)21-9-5-12-24-15-18-6-4-13-25-18/h4,6,13,16-17H,5,7-12,14-15H2,1-3H3,(H2,20,21,22). The first-order valence-corrected chi connectivity index (χ1v) is 9.47. The Hall–Kier alpha value is -1.53. The van der Waals surface area contributed by atoms with Crippen LogP contribution in [0.15, 0.2) is 27.8 Å². The fourth-order valence-corrected chi connectivity index (χ4v) is 3.01. The number of likely N-dealkylation sites (tertiary alicyclic amines) is 1. The average molecular weight is 351 g/mol. The first-order chi connectivity index (χ1) is 12.2. The zero-order valence-corrected chi connectivity index (χ0v) is 16.0. The summed E-state index contributed by atoms with van der Waals surface area (Å²) in [6.45, 7) is 10.1. The normalized spacial score (nSPS) is 18.3. The van der Waals surface area contributed by atoms with Crippen LogP contribution in [0.2, 0.25) is 0 Å². The molecule has 6 nitrogen and oxygen atoms in total. The van der Waals surface area contributed by atoms with E-state index in [4.69, 9.17) is 9.15 Å². The number of hydrogen-bond acceptors (Lipinski definition) is 4. The van der Waals surface area contributed by atoms with Crippen LogP contribution in [0.3, 0.4) is 0 Å². The smallest absolute Gasteiger partial charge is 0.191 e. The largest absolute Gasteiger partial charge is 0.467 e. The zero-order valence-electron chi connectivity index (χ0n) is 16.0. The molecule has 1 aliphatic rings. The van der Waals surface area contributed by atoms with E-state index in [1.54, 1.807) is 6.26 Å². The summed E-state index contributed by atoms with van der Waals surface area (Å²) in [4.78, 5) is 6.87. The maximum Gasteiger partial charge on any atom is 0.191 e. The van der Waals surface area contributed by atoms with E-state index < -0.39 is 0 Å². The fraction of sp³-hybridized carbons (Fsp3) is 0.737. The van der Waals surface area contributed by atoms with Gasteiger partial charge >= 0.3 is 0 Å². The van der Waals surface area contributed by atoms with Crippen LogP contribution in [0.5, 0.6) is 0 Å². The molecule has 25 heavy (non-hydrogen) atoms. The van der Waals surface area contributed by atoms with Gasteiger partial charge in [0.25, 0.3) is 0 Å². The average Bonchev–Trinajstić information content (AvgIpc) is 3.14. The molecule has 2 heterocycles. The van der Waals surface area contributed by atoms with Crippen LogP contribution in [0, 0.1) is 5.92 Å². The summed E-state index contributed by atoms with van der Waals surface area (Å²) in [7, 11) is 1.82. The zero-order chi connectivity index (χ0) is 17.9. The van der Waals surface area contributed by atoms with Gasteiger partial charge in [0.15, 0.2) is 5.96 Å². The van der Waals surface area contributed by atoms with Crippen LogP contribution in [-0.4, -0.2) is 56.7 Å². The van der Waals surface area contributed by atoms with Crippen molar-refractivity contribution in [2.45, 2.75) is 45.8 Å². The Labute approximate surface area is 152 Å².